The number of carbonyl (C=O) groups is 1. The molecule has 1 fully saturated rings. The number of fused-ring (bicyclic) bond motifs is 1. The number of likely N-dealkylation sites (tertiary alicyclic amines) is 1. The summed E-state index contributed by atoms with van der Waals surface area (Å²) in [5.74, 6) is 0.888. The van der Waals surface area contributed by atoms with Crippen LogP contribution in [0.4, 0.5) is 5.69 Å². The summed E-state index contributed by atoms with van der Waals surface area (Å²) in [6, 6.07) is 11.6. The molecule has 1 aliphatic heterocycles. The number of hydrogen-bond acceptors (Lipinski definition) is 8. The van der Waals surface area contributed by atoms with E-state index in [0.29, 0.717) is 18.6 Å². The average Bonchev–Trinajstić information content (AvgIpc) is 2.92. The highest BCUT2D eigenvalue weighted by Crippen LogP contribution is 2.43. The predicted molar refractivity (Wildman–Crippen MR) is 152 cm³/mol. The molecule has 0 bridgehead atoms. The van der Waals surface area contributed by atoms with Crippen molar-refractivity contribution in [1.29, 1.82) is 0 Å². The van der Waals surface area contributed by atoms with E-state index in [2.05, 4.69) is 14.9 Å². The van der Waals surface area contributed by atoms with Gasteiger partial charge in [0.15, 0.2) is 0 Å². The van der Waals surface area contributed by atoms with Gasteiger partial charge in [0.2, 0.25) is 0 Å². The third-order valence-electron chi connectivity index (χ3n) is 7.60. The monoisotopic (exact) mass is 538 g/mol. The number of piperidine rings is 1. The zero-order chi connectivity index (χ0) is 27.1. The Kier molecular flexibility index (Phi) is 9.46. The molecule has 0 radical (unpaired) electrons. The van der Waals surface area contributed by atoms with Crippen molar-refractivity contribution < 1.29 is 19.7 Å². The van der Waals surface area contributed by atoms with Gasteiger partial charge in [-0.15, -0.1) is 11.8 Å². The van der Waals surface area contributed by atoms with Gasteiger partial charge in [0.05, 0.1) is 42.1 Å². The Balaban J connectivity index is 1.44. The second kappa shape index (κ2) is 12.8. The van der Waals surface area contributed by atoms with E-state index in [4.69, 9.17) is 4.74 Å². The number of thioether (sulfide) groups is 1. The molecular formula is C29H38N4O4S. The number of anilines is 1. The minimum Gasteiger partial charge on any atom is -0.497 e. The SMILES string of the molecule is COc1ccc2ncc(N(C)C)c([C@H](O)CCC3(CC(=O)O)CCN(CCSc4ccccn4)CC3)c2c1. The minimum absolute atomic E-state index is 0.127. The average molecular weight is 539 g/mol. The highest BCUT2D eigenvalue weighted by molar-refractivity contribution is 7.99. The standard InChI is InChI=1S/C29H38N4O4S/c1-32(2)24-20-31-23-8-7-21(37-3)18-22(23)28(24)25(34)9-10-29(19-27(35)36)11-14-33(15-12-29)16-17-38-26-6-4-5-13-30-26/h4-8,13,18,20,25,34H,9-12,14-17,19H2,1-3H3,(H,35,36)/t25-/m1/s1. The van der Waals surface area contributed by atoms with Crippen molar-refractivity contribution in [2.45, 2.75) is 43.2 Å². The van der Waals surface area contributed by atoms with Crippen LogP contribution in [0.15, 0.2) is 53.8 Å². The van der Waals surface area contributed by atoms with Gasteiger partial charge in [-0.05, 0) is 74.5 Å². The van der Waals surface area contributed by atoms with Gasteiger partial charge in [-0.2, -0.15) is 0 Å². The first-order chi connectivity index (χ1) is 18.3. The molecule has 0 spiro atoms. The number of aliphatic hydroxyl groups is 1. The Morgan fingerprint density at radius 2 is 2.00 bits per heavy atom. The second-order valence-corrected chi connectivity index (χ2v) is 11.4. The molecule has 1 saturated heterocycles. The second-order valence-electron chi connectivity index (χ2n) is 10.3. The smallest absolute Gasteiger partial charge is 0.303 e. The third kappa shape index (κ3) is 6.95. The van der Waals surface area contributed by atoms with Gasteiger partial charge in [-0.3, -0.25) is 9.78 Å². The Hall–Kier alpha value is -2.88. The fourth-order valence-electron chi connectivity index (χ4n) is 5.40. The van der Waals surface area contributed by atoms with E-state index in [1.165, 1.54) is 0 Å². The number of pyridine rings is 2. The van der Waals surface area contributed by atoms with Gasteiger partial charge >= 0.3 is 5.97 Å². The molecule has 2 aromatic heterocycles. The Bertz CT molecular complexity index is 1220. The number of benzene rings is 1. The molecule has 1 aliphatic rings. The molecule has 3 aromatic rings. The molecule has 0 unspecified atom stereocenters. The molecule has 204 valence electrons. The number of aromatic nitrogens is 2. The van der Waals surface area contributed by atoms with Crippen molar-refractivity contribution in [1.82, 2.24) is 14.9 Å². The summed E-state index contributed by atoms with van der Waals surface area (Å²) in [5, 5.41) is 23.1. The number of rotatable bonds is 12. The molecule has 8 nitrogen and oxygen atoms in total. The maximum atomic E-state index is 11.9. The summed E-state index contributed by atoms with van der Waals surface area (Å²) >= 11 is 1.75. The van der Waals surface area contributed by atoms with Crippen LogP contribution in [0, 0.1) is 5.41 Å². The normalized spacial score (nSPS) is 16.3. The molecule has 3 heterocycles. The summed E-state index contributed by atoms with van der Waals surface area (Å²) in [4.78, 5) is 25.2. The van der Waals surface area contributed by atoms with Crippen LogP contribution in [-0.2, 0) is 4.79 Å². The number of methoxy groups -OCH3 is 1. The van der Waals surface area contributed by atoms with Crippen LogP contribution in [0.25, 0.3) is 10.9 Å². The first-order valence-electron chi connectivity index (χ1n) is 13.1. The van der Waals surface area contributed by atoms with Crippen molar-refractivity contribution in [3.05, 3.63) is 54.4 Å². The molecule has 9 heteroatoms. The largest absolute Gasteiger partial charge is 0.497 e. The maximum Gasteiger partial charge on any atom is 0.303 e. The zero-order valence-electron chi connectivity index (χ0n) is 22.5. The maximum absolute atomic E-state index is 11.9. The van der Waals surface area contributed by atoms with Crippen LogP contribution in [0.3, 0.4) is 0 Å². The van der Waals surface area contributed by atoms with Gasteiger partial charge in [-0.1, -0.05) is 6.07 Å². The van der Waals surface area contributed by atoms with Crippen molar-refractivity contribution >= 4 is 34.3 Å². The molecular weight excluding hydrogens is 500 g/mol. The number of aliphatic carboxylic acids is 1. The topological polar surface area (TPSA) is 99.0 Å². The lowest BCUT2D eigenvalue weighted by atomic mass is 9.71. The lowest BCUT2D eigenvalue weighted by Gasteiger charge is -2.41. The van der Waals surface area contributed by atoms with Crippen molar-refractivity contribution in [2.75, 3.05) is 51.5 Å². The van der Waals surface area contributed by atoms with Gasteiger partial charge in [0.1, 0.15) is 5.75 Å². The van der Waals surface area contributed by atoms with E-state index in [-0.39, 0.29) is 11.8 Å². The van der Waals surface area contributed by atoms with Crippen molar-refractivity contribution in [2.24, 2.45) is 5.41 Å². The van der Waals surface area contributed by atoms with Crippen LogP contribution in [0.2, 0.25) is 0 Å². The Labute approximate surface area is 229 Å². The van der Waals surface area contributed by atoms with E-state index in [0.717, 1.165) is 65.4 Å². The number of carboxylic acids is 1. The number of hydrogen-bond donors (Lipinski definition) is 2. The lowest BCUT2D eigenvalue weighted by molar-refractivity contribution is -0.141. The summed E-state index contributed by atoms with van der Waals surface area (Å²) < 4.78 is 5.44. The first-order valence-corrected chi connectivity index (χ1v) is 14.1. The number of aliphatic hydroxyl groups excluding tert-OH is 1. The van der Waals surface area contributed by atoms with Crippen molar-refractivity contribution in [3.63, 3.8) is 0 Å². The van der Waals surface area contributed by atoms with E-state index in [1.807, 2.05) is 61.6 Å². The molecule has 4 rings (SSSR count). The van der Waals surface area contributed by atoms with E-state index in [9.17, 15) is 15.0 Å². The highest BCUT2D eigenvalue weighted by Gasteiger charge is 2.37. The fourth-order valence-corrected chi connectivity index (χ4v) is 6.27. The van der Waals surface area contributed by atoms with Crippen LogP contribution < -0.4 is 9.64 Å². The molecule has 1 aromatic carbocycles. The molecule has 38 heavy (non-hydrogen) atoms. The summed E-state index contributed by atoms with van der Waals surface area (Å²) in [7, 11) is 5.50. The fraction of sp³-hybridized carbons (Fsp3) is 0.483. The number of ether oxygens (including phenoxy) is 1. The molecule has 2 N–H and O–H groups in total. The van der Waals surface area contributed by atoms with E-state index in [1.54, 1.807) is 25.1 Å². The minimum atomic E-state index is -0.772. The van der Waals surface area contributed by atoms with Gasteiger partial charge in [0, 0.05) is 43.5 Å². The molecule has 1 atom stereocenters. The summed E-state index contributed by atoms with van der Waals surface area (Å²) in [6.07, 6.45) is 5.74. The highest BCUT2D eigenvalue weighted by atomic mass is 32.2. The number of nitrogens with zero attached hydrogens (tertiary/aromatic N) is 4. The summed E-state index contributed by atoms with van der Waals surface area (Å²) in [5.41, 5.74) is 2.14. The van der Waals surface area contributed by atoms with Gasteiger partial charge in [0.25, 0.3) is 0 Å². The molecule has 0 amide bonds. The van der Waals surface area contributed by atoms with Crippen molar-refractivity contribution in [3.8, 4) is 5.75 Å². The van der Waals surface area contributed by atoms with Crippen LogP contribution in [0.5, 0.6) is 5.75 Å². The van der Waals surface area contributed by atoms with E-state index >= 15 is 0 Å². The zero-order valence-corrected chi connectivity index (χ0v) is 23.3. The van der Waals surface area contributed by atoms with Gasteiger partial charge < -0.3 is 24.7 Å². The van der Waals surface area contributed by atoms with Crippen LogP contribution in [0.1, 0.15) is 43.8 Å². The molecule has 0 saturated carbocycles. The molecule has 0 aliphatic carbocycles. The first kappa shape index (κ1) is 28.1. The van der Waals surface area contributed by atoms with E-state index < -0.39 is 12.1 Å². The van der Waals surface area contributed by atoms with Gasteiger partial charge in [-0.25, -0.2) is 4.98 Å². The van der Waals surface area contributed by atoms with Crippen LogP contribution in [-0.4, -0.2) is 77.6 Å². The number of carboxylic acid groups (broad SMARTS) is 1. The Morgan fingerprint density at radius 3 is 2.66 bits per heavy atom. The predicted octanol–water partition coefficient (Wildman–Crippen LogP) is 4.87. The van der Waals surface area contributed by atoms with Crippen LogP contribution >= 0.6 is 11.8 Å². The lowest BCUT2D eigenvalue weighted by Crippen LogP contribution is -2.42. The Morgan fingerprint density at radius 1 is 1.21 bits per heavy atom. The quantitative estimate of drug-likeness (QED) is 0.313. The summed E-state index contributed by atoms with van der Waals surface area (Å²) in [6.45, 7) is 2.68. The third-order valence-corrected chi connectivity index (χ3v) is 8.52.